The molecule has 0 amide bonds. The van der Waals surface area contributed by atoms with E-state index in [1.807, 2.05) is 13.0 Å². The molecule has 26 heavy (non-hydrogen) atoms. The fourth-order valence-electron chi connectivity index (χ4n) is 4.23. The van der Waals surface area contributed by atoms with Crippen molar-refractivity contribution in [1.29, 1.82) is 0 Å². The van der Waals surface area contributed by atoms with Crippen molar-refractivity contribution in [2.45, 2.75) is 75.0 Å². The molecule has 1 aromatic rings. The third kappa shape index (κ3) is 4.07. The number of hydrogen-bond acceptors (Lipinski definition) is 5. The fourth-order valence-corrected chi connectivity index (χ4v) is 7.64. The molecule has 1 aliphatic heterocycles. The lowest BCUT2D eigenvalue weighted by atomic mass is 9.71. The Kier molecular flexibility index (Phi) is 5.16. The minimum Gasteiger partial charge on any atom is -0.410 e. The smallest absolute Gasteiger partial charge is 0.184 e. The molecule has 1 aromatic carbocycles. The molecule has 0 aromatic heterocycles. The first-order valence-corrected chi connectivity index (χ1v) is 14.3. The van der Waals surface area contributed by atoms with Crippen LogP contribution in [0.5, 0.6) is 0 Å². The highest BCUT2D eigenvalue weighted by atomic mass is 32.2. The van der Waals surface area contributed by atoms with E-state index >= 15 is 0 Å². The van der Waals surface area contributed by atoms with E-state index in [9.17, 15) is 8.42 Å². The summed E-state index contributed by atoms with van der Waals surface area (Å²) in [6.45, 7) is 10.5. The molecule has 0 N–H and O–H groups in total. The van der Waals surface area contributed by atoms with E-state index in [1.165, 1.54) is 0 Å². The summed E-state index contributed by atoms with van der Waals surface area (Å²) >= 11 is 0. The first kappa shape index (κ1) is 20.0. The fraction of sp³-hybridized carbons (Fsp3) is 0.684. The van der Waals surface area contributed by atoms with Crippen LogP contribution in [-0.2, 0) is 24.0 Å². The first-order valence-electron chi connectivity index (χ1n) is 9.26. The van der Waals surface area contributed by atoms with Crippen molar-refractivity contribution in [2.24, 2.45) is 5.92 Å². The van der Waals surface area contributed by atoms with Gasteiger partial charge in [-0.25, -0.2) is 18.2 Å². The summed E-state index contributed by atoms with van der Waals surface area (Å²) in [6.07, 6.45) is 2.35. The Labute approximate surface area is 158 Å². The van der Waals surface area contributed by atoms with Gasteiger partial charge in [0.1, 0.15) is 11.7 Å². The van der Waals surface area contributed by atoms with Crippen molar-refractivity contribution in [3.8, 4) is 0 Å². The zero-order valence-corrected chi connectivity index (χ0v) is 18.1. The third-order valence-electron chi connectivity index (χ3n) is 5.51. The Hall–Kier alpha value is -0.733. The Morgan fingerprint density at radius 2 is 1.85 bits per heavy atom. The predicted octanol–water partition coefficient (Wildman–Crippen LogP) is 3.96. The number of rotatable bonds is 5. The van der Waals surface area contributed by atoms with E-state index in [-0.39, 0.29) is 23.4 Å². The SMILES string of the molecule is C[C@]1(CS(=O)(=O)c2ccccc2)OO[C@@H]2C[C@H]1CC[C@@]2(C)O[Si](C)(C)C. The molecule has 1 saturated carbocycles. The van der Waals surface area contributed by atoms with E-state index < -0.39 is 23.8 Å². The molecule has 1 saturated heterocycles. The molecule has 0 spiro atoms. The van der Waals surface area contributed by atoms with Gasteiger partial charge in [0.2, 0.25) is 0 Å². The number of benzene rings is 1. The van der Waals surface area contributed by atoms with Gasteiger partial charge in [0, 0.05) is 0 Å². The van der Waals surface area contributed by atoms with Crippen molar-refractivity contribution in [2.75, 3.05) is 5.75 Å². The molecule has 0 radical (unpaired) electrons. The Balaban J connectivity index is 1.76. The van der Waals surface area contributed by atoms with Crippen LogP contribution < -0.4 is 0 Å². The topological polar surface area (TPSA) is 61.8 Å². The van der Waals surface area contributed by atoms with E-state index in [1.54, 1.807) is 24.3 Å². The van der Waals surface area contributed by atoms with Gasteiger partial charge in [-0.3, -0.25) is 0 Å². The molecule has 2 aliphatic rings. The van der Waals surface area contributed by atoms with Crippen LogP contribution in [0.4, 0.5) is 0 Å². The lowest BCUT2D eigenvalue weighted by Gasteiger charge is -2.53. The Bertz CT molecular complexity index is 745. The summed E-state index contributed by atoms with van der Waals surface area (Å²) in [5, 5.41) is 0. The summed E-state index contributed by atoms with van der Waals surface area (Å²) in [6, 6.07) is 8.55. The van der Waals surface area contributed by atoms with E-state index in [0.717, 1.165) is 19.3 Å². The predicted molar refractivity (Wildman–Crippen MR) is 103 cm³/mol. The highest BCUT2D eigenvalue weighted by molar-refractivity contribution is 7.91. The lowest BCUT2D eigenvalue weighted by Crippen LogP contribution is -2.61. The monoisotopic (exact) mass is 398 g/mol. The van der Waals surface area contributed by atoms with E-state index in [4.69, 9.17) is 14.2 Å². The minimum atomic E-state index is -3.44. The number of sulfone groups is 1. The molecule has 7 heteroatoms. The molecular formula is C19H30O5SSi. The van der Waals surface area contributed by atoms with Gasteiger partial charge in [-0.1, -0.05) is 18.2 Å². The van der Waals surface area contributed by atoms with Crippen LogP contribution in [0.2, 0.25) is 19.6 Å². The van der Waals surface area contributed by atoms with Crippen molar-refractivity contribution < 1.29 is 22.6 Å². The average Bonchev–Trinajstić information content (AvgIpc) is 2.52. The maximum Gasteiger partial charge on any atom is 0.184 e. The van der Waals surface area contributed by atoms with Crippen LogP contribution in [0.1, 0.15) is 33.1 Å². The zero-order chi connectivity index (χ0) is 19.2. The summed E-state index contributed by atoms with van der Waals surface area (Å²) in [5.41, 5.74) is -1.20. The van der Waals surface area contributed by atoms with Crippen LogP contribution in [0, 0.1) is 5.92 Å². The molecule has 4 atom stereocenters. The number of hydrogen-bond donors (Lipinski definition) is 0. The van der Waals surface area contributed by atoms with Crippen molar-refractivity contribution in [3.63, 3.8) is 0 Å². The molecule has 2 bridgehead atoms. The third-order valence-corrected chi connectivity index (χ3v) is 8.53. The van der Waals surface area contributed by atoms with Crippen LogP contribution >= 0.6 is 0 Å². The summed E-state index contributed by atoms with van der Waals surface area (Å²) in [7, 11) is -5.16. The summed E-state index contributed by atoms with van der Waals surface area (Å²) < 4.78 is 32.1. The van der Waals surface area contributed by atoms with Gasteiger partial charge in [0.25, 0.3) is 0 Å². The lowest BCUT2D eigenvalue weighted by molar-refractivity contribution is -0.440. The van der Waals surface area contributed by atoms with Gasteiger partial charge >= 0.3 is 0 Å². The zero-order valence-electron chi connectivity index (χ0n) is 16.3. The quantitative estimate of drug-likeness (QED) is 0.555. The summed E-state index contributed by atoms with van der Waals surface area (Å²) in [4.78, 5) is 11.8. The standard InChI is InChI=1S/C19H30O5SSi/c1-18(24-26(3,4)5)12-11-15-13-17(18)22-23-19(15,2)14-25(20,21)16-9-7-6-8-10-16/h6-10,15,17H,11-14H2,1-5H3/t15-,17-,18-,19-/m1/s1. The molecular weight excluding hydrogens is 368 g/mol. The maximum atomic E-state index is 12.8. The van der Waals surface area contributed by atoms with Crippen molar-refractivity contribution >= 4 is 18.2 Å². The van der Waals surface area contributed by atoms with Gasteiger partial charge in [-0.05, 0) is 70.8 Å². The average molecular weight is 399 g/mol. The van der Waals surface area contributed by atoms with Crippen LogP contribution in [0.15, 0.2) is 35.2 Å². The van der Waals surface area contributed by atoms with Crippen LogP contribution in [0.25, 0.3) is 0 Å². The van der Waals surface area contributed by atoms with Gasteiger partial charge in [-0.15, -0.1) is 0 Å². The van der Waals surface area contributed by atoms with Gasteiger partial charge < -0.3 is 4.43 Å². The second-order valence-electron chi connectivity index (χ2n) is 9.05. The molecule has 1 aliphatic carbocycles. The molecule has 3 rings (SSSR count). The number of fused-ring (bicyclic) bond motifs is 2. The maximum absolute atomic E-state index is 12.8. The largest absolute Gasteiger partial charge is 0.410 e. The van der Waals surface area contributed by atoms with Gasteiger partial charge in [0.15, 0.2) is 18.2 Å². The minimum absolute atomic E-state index is 0.0764. The molecule has 2 fully saturated rings. The van der Waals surface area contributed by atoms with Gasteiger partial charge in [-0.2, -0.15) is 0 Å². The highest BCUT2D eigenvalue weighted by Crippen LogP contribution is 2.48. The van der Waals surface area contributed by atoms with Crippen molar-refractivity contribution in [1.82, 2.24) is 0 Å². The van der Waals surface area contributed by atoms with E-state index in [0.29, 0.717) is 4.90 Å². The van der Waals surface area contributed by atoms with Crippen LogP contribution in [-0.4, -0.2) is 39.8 Å². The molecule has 5 nitrogen and oxygen atoms in total. The molecule has 1 heterocycles. The first-order chi connectivity index (χ1) is 11.9. The van der Waals surface area contributed by atoms with E-state index in [2.05, 4.69) is 26.6 Å². The Morgan fingerprint density at radius 1 is 1.19 bits per heavy atom. The van der Waals surface area contributed by atoms with Crippen molar-refractivity contribution in [3.05, 3.63) is 30.3 Å². The Morgan fingerprint density at radius 3 is 2.46 bits per heavy atom. The van der Waals surface area contributed by atoms with Crippen LogP contribution in [0.3, 0.4) is 0 Å². The normalized spacial score (nSPS) is 35.3. The van der Waals surface area contributed by atoms with Gasteiger partial charge in [0.05, 0.1) is 16.2 Å². The summed E-state index contributed by atoms with van der Waals surface area (Å²) in [5.74, 6) is 0.0607. The molecule has 0 unspecified atom stereocenters. The highest BCUT2D eigenvalue weighted by Gasteiger charge is 2.55. The second kappa shape index (κ2) is 6.70. The molecule has 146 valence electrons. The second-order valence-corrected chi connectivity index (χ2v) is 15.5.